The zero-order valence-electron chi connectivity index (χ0n) is 10.4. The van der Waals surface area contributed by atoms with E-state index < -0.39 is 0 Å². The topological polar surface area (TPSA) is 18.5 Å². The van der Waals surface area contributed by atoms with Crippen molar-refractivity contribution in [2.45, 2.75) is 34.6 Å². The van der Waals surface area contributed by atoms with E-state index in [0.717, 1.165) is 17.4 Å². The maximum atomic E-state index is 5.08. The van der Waals surface area contributed by atoms with E-state index in [1.54, 1.807) is 0 Å². The molecule has 0 fully saturated rings. The van der Waals surface area contributed by atoms with Crippen LogP contribution in [0.4, 0.5) is 0 Å². The second-order valence-corrected chi connectivity index (χ2v) is 3.59. The summed E-state index contributed by atoms with van der Waals surface area (Å²) in [5, 5.41) is 0. The van der Waals surface area contributed by atoms with Crippen molar-refractivity contribution < 1.29 is 9.47 Å². The lowest BCUT2D eigenvalue weighted by Crippen LogP contribution is -1.92. The smallest absolute Gasteiger partial charge is 0.231 e. The van der Waals surface area contributed by atoms with Gasteiger partial charge in [0.15, 0.2) is 11.5 Å². The molecule has 0 amide bonds. The Morgan fingerprint density at radius 2 is 1.27 bits per heavy atom. The third-order valence-corrected chi connectivity index (χ3v) is 1.28. The minimum Gasteiger partial charge on any atom is -0.454 e. The Morgan fingerprint density at radius 1 is 0.933 bits per heavy atom. The van der Waals surface area contributed by atoms with E-state index >= 15 is 0 Å². The van der Waals surface area contributed by atoms with E-state index in [1.807, 2.05) is 38.1 Å². The lowest BCUT2D eigenvalue weighted by atomic mass is 10.3. The van der Waals surface area contributed by atoms with Crippen molar-refractivity contribution in [3.8, 4) is 11.5 Å². The SMILES string of the molecule is CC.CC(C)C.c1ccc2c(c1)OCO2. The quantitative estimate of drug-likeness (QED) is 0.641. The van der Waals surface area contributed by atoms with Gasteiger partial charge in [-0.15, -0.1) is 0 Å². The summed E-state index contributed by atoms with van der Waals surface area (Å²) in [6.45, 7) is 10.9. The predicted octanol–water partition coefficient (Wildman–Crippen LogP) is 4.10. The van der Waals surface area contributed by atoms with E-state index in [2.05, 4.69) is 20.8 Å². The van der Waals surface area contributed by atoms with Gasteiger partial charge >= 0.3 is 0 Å². The molecule has 1 aromatic rings. The number of rotatable bonds is 0. The molecule has 0 N–H and O–H groups in total. The summed E-state index contributed by atoms with van der Waals surface area (Å²) in [6.07, 6.45) is 0. The van der Waals surface area contributed by atoms with Gasteiger partial charge in [-0.2, -0.15) is 0 Å². The summed E-state index contributed by atoms with van der Waals surface area (Å²) in [6, 6.07) is 7.63. The first-order chi connectivity index (χ1) is 7.20. The first-order valence-electron chi connectivity index (χ1n) is 5.54. The van der Waals surface area contributed by atoms with E-state index in [1.165, 1.54) is 0 Å². The fourth-order valence-electron chi connectivity index (χ4n) is 0.845. The van der Waals surface area contributed by atoms with Gasteiger partial charge in [-0.3, -0.25) is 0 Å². The van der Waals surface area contributed by atoms with Crippen molar-refractivity contribution in [3.63, 3.8) is 0 Å². The van der Waals surface area contributed by atoms with Gasteiger partial charge in [-0.1, -0.05) is 46.8 Å². The molecule has 1 aromatic carbocycles. The van der Waals surface area contributed by atoms with Gasteiger partial charge < -0.3 is 9.47 Å². The maximum Gasteiger partial charge on any atom is 0.231 e. The highest BCUT2D eigenvalue weighted by molar-refractivity contribution is 5.40. The van der Waals surface area contributed by atoms with Crippen molar-refractivity contribution in [3.05, 3.63) is 24.3 Å². The number of hydrogen-bond donors (Lipinski definition) is 0. The van der Waals surface area contributed by atoms with Crippen LogP contribution in [-0.4, -0.2) is 6.79 Å². The number of fused-ring (bicyclic) bond motifs is 1. The first kappa shape index (κ1) is 13.8. The van der Waals surface area contributed by atoms with Crippen LogP contribution in [0.1, 0.15) is 34.6 Å². The van der Waals surface area contributed by atoms with E-state index in [0.29, 0.717) is 6.79 Å². The van der Waals surface area contributed by atoms with Crippen molar-refractivity contribution in [2.24, 2.45) is 5.92 Å². The molecule has 1 aliphatic rings. The molecule has 1 heterocycles. The lowest BCUT2D eigenvalue weighted by Gasteiger charge is -1.89. The van der Waals surface area contributed by atoms with Crippen LogP contribution in [-0.2, 0) is 0 Å². The van der Waals surface area contributed by atoms with Gasteiger partial charge in [-0.25, -0.2) is 0 Å². The Labute approximate surface area is 93.2 Å². The molecule has 0 aromatic heterocycles. The highest BCUT2D eigenvalue weighted by Gasteiger charge is 2.09. The van der Waals surface area contributed by atoms with Crippen molar-refractivity contribution in [1.82, 2.24) is 0 Å². The van der Waals surface area contributed by atoms with E-state index in [4.69, 9.17) is 9.47 Å². The van der Waals surface area contributed by atoms with Crippen LogP contribution in [0.3, 0.4) is 0 Å². The Balaban J connectivity index is 0.000000282. The Bertz CT molecular complexity index is 231. The summed E-state index contributed by atoms with van der Waals surface area (Å²) in [5.41, 5.74) is 0. The summed E-state index contributed by atoms with van der Waals surface area (Å²) >= 11 is 0. The summed E-state index contributed by atoms with van der Waals surface area (Å²) in [4.78, 5) is 0. The van der Waals surface area contributed by atoms with Crippen LogP contribution in [0.2, 0.25) is 0 Å². The molecular formula is C13H22O2. The third kappa shape index (κ3) is 6.00. The maximum absolute atomic E-state index is 5.08. The molecule has 2 nitrogen and oxygen atoms in total. The molecule has 2 heteroatoms. The standard InChI is InChI=1S/C7H6O2.C4H10.C2H6/c1-2-4-7-6(3-1)8-5-9-7;1-4(2)3;1-2/h1-4H,5H2;4H,1-3H3;1-2H3. The molecule has 2 rings (SSSR count). The second kappa shape index (κ2) is 8.16. The molecule has 1 aliphatic heterocycles. The molecular weight excluding hydrogens is 188 g/mol. The van der Waals surface area contributed by atoms with Gasteiger partial charge in [0.25, 0.3) is 0 Å². The number of hydrogen-bond acceptors (Lipinski definition) is 2. The van der Waals surface area contributed by atoms with Gasteiger partial charge in [-0.05, 0) is 18.1 Å². The predicted molar refractivity (Wildman–Crippen MR) is 64.4 cm³/mol. The molecule has 15 heavy (non-hydrogen) atoms. The largest absolute Gasteiger partial charge is 0.454 e. The highest BCUT2D eigenvalue weighted by atomic mass is 16.7. The average molecular weight is 210 g/mol. The Morgan fingerprint density at radius 3 is 1.60 bits per heavy atom. The lowest BCUT2D eigenvalue weighted by molar-refractivity contribution is 0.174. The second-order valence-electron chi connectivity index (χ2n) is 3.59. The number of para-hydroxylation sites is 2. The zero-order valence-corrected chi connectivity index (χ0v) is 10.4. The Hall–Kier alpha value is -1.18. The molecule has 0 bridgehead atoms. The normalized spacial score (nSPS) is 11.1. The van der Waals surface area contributed by atoms with Crippen LogP contribution in [0.5, 0.6) is 11.5 Å². The monoisotopic (exact) mass is 210 g/mol. The van der Waals surface area contributed by atoms with Crippen LogP contribution >= 0.6 is 0 Å². The highest BCUT2D eigenvalue weighted by Crippen LogP contribution is 2.30. The third-order valence-electron chi connectivity index (χ3n) is 1.28. The summed E-state index contributed by atoms with van der Waals surface area (Å²) < 4.78 is 10.2. The average Bonchev–Trinajstić information content (AvgIpc) is 2.67. The molecule has 0 aliphatic carbocycles. The fraction of sp³-hybridized carbons (Fsp3) is 0.538. The molecule has 86 valence electrons. The van der Waals surface area contributed by atoms with Crippen molar-refractivity contribution in [2.75, 3.05) is 6.79 Å². The van der Waals surface area contributed by atoms with Crippen LogP contribution in [0.15, 0.2) is 24.3 Å². The minimum atomic E-state index is 0.360. The number of benzene rings is 1. The first-order valence-corrected chi connectivity index (χ1v) is 5.54. The molecule has 0 atom stereocenters. The molecule has 0 saturated carbocycles. The molecule has 0 saturated heterocycles. The van der Waals surface area contributed by atoms with Gasteiger partial charge in [0.2, 0.25) is 6.79 Å². The van der Waals surface area contributed by atoms with E-state index in [9.17, 15) is 0 Å². The molecule has 0 spiro atoms. The summed E-state index contributed by atoms with van der Waals surface area (Å²) in [7, 11) is 0. The van der Waals surface area contributed by atoms with Crippen molar-refractivity contribution in [1.29, 1.82) is 0 Å². The molecule has 0 radical (unpaired) electrons. The van der Waals surface area contributed by atoms with Gasteiger partial charge in [0, 0.05) is 0 Å². The minimum absolute atomic E-state index is 0.360. The zero-order chi connectivity index (χ0) is 11.7. The van der Waals surface area contributed by atoms with Crippen molar-refractivity contribution >= 4 is 0 Å². The van der Waals surface area contributed by atoms with Gasteiger partial charge in [0.1, 0.15) is 0 Å². The fourth-order valence-corrected chi connectivity index (χ4v) is 0.845. The Kier molecular flexibility index (Phi) is 7.51. The number of ether oxygens (including phenoxy) is 2. The molecule has 0 unspecified atom stereocenters. The van der Waals surface area contributed by atoms with Gasteiger partial charge in [0.05, 0.1) is 0 Å². The van der Waals surface area contributed by atoms with Crippen LogP contribution < -0.4 is 9.47 Å². The summed E-state index contributed by atoms with van der Waals surface area (Å²) in [5.74, 6) is 2.52. The van der Waals surface area contributed by atoms with E-state index in [-0.39, 0.29) is 0 Å². The van der Waals surface area contributed by atoms with Crippen LogP contribution in [0, 0.1) is 5.92 Å². The van der Waals surface area contributed by atoms with Crippen LogP contribution in [0.25, 0.3) is 0 Å².